The van der Waals surface area contributed by atoms with Gasteiger partial charge in [0.15, 0.2) is 0 Å². The average molecular weight is 304 g/mol. The third-order valence-electron chi connectivity index (χ3n) is 3.13. The zero-order valence-corrected chi connectivity index (χ0v) is 12.6. The van der Waals surface area contributed by atoms with E-state index in [1.165, 1.54) is 0 Å². The summed E-state index contributed by atoms with van der Waals surface area (Å²) in [5, 5.41) is 30.0. The molecule has 0 unspecified atom stereocenters. The number of aliphatic hydroxyl groups is 1. The fourth-order valence-corrected chi connectivity index (χ4v) is 1.97. The SMILES string of the molecule is CC(C)C[C@@H](O)C(=O)N[C@@H](Cc1ccc(C#N)cc1)C(=O)O. The topological polar surface area (TPSA) is 110 Å². The van der Waals surface area contributed by atoms with Crippen molar-refractivity contribution in [2.24, 2.45) is 5.92 Å². The van der Waals surface area contributed by atoms with Crippen molar-refractivity contribution in [1.82, 2.24) is 5.32 Å². The summed E-state index contributed by atoms with van der Waals surface area (Å²) in [7, 11) is 0. The van der Waals surface area contributed by atoms with Crippen molar-refractivity contribution in [3.05, 3.63) is 35.4 Å². The standard InChI is InChI=1S/C16H20N2O4/c1-10(2)7-14(19)15(20)18-13(16(21)22)8-11-3-5-12(9-17)6-4-11/h3-6,10,13-14,19H,7-8H2,1-2H3,(H,18,20)(H,21,22)/t13-,14+/m0/s1. The summed E-state index contributed by atoms with van der Waals surface area (Å²) in [6, 6.07) is 7.32. The number of hydrogen-bond acceptors (Lipinski definition) is 4. The normalized spacial score (nSPS) is 13.2. The van der Waals surface area contributed by atoms with Crippen LogP contribution in [0.25, 0.3) is 0 Å². The maximum atomic E-state index is 11.8. The van der Waals surface area contributed by atoms with Gasteiger partial charge in [-0.05, 0) is 30.0 Å². The zero-order chi connectivity index (χ0) is 16.7. The van der Waals surface area contributed by atoms with Crippen molar-refractivity contribution < 1.29 is 19.8 Å². The minimum atomic E-state index is -1.22. The van der Waals surface area contributed by atoms with Gasteiger partial charge in [0.05, 0.1) is 11.6 Å². The van der Waals surface area contributed by atoms with E-state index < -0.39 is 24.0 Å². The van der Waals surface area contributed by atoms with Gasteiger partial charge in [-0.2, -0.15) is 5.26 Å². The first-order valence-corrected chi connectivity index (χ1v) is 7.03. The Morgan fingerprint density at radius 1 is 1.27 bits per heavy atom. The van der Waals surface area contributed by atoms with Gasteiger partial charge in [0.25, 0.3) is 0 Å². The number of aliphatic carboxylic acids is 1. The highest BCUT2D eigenvalue weighted by molar-refractivity contribution is 5.86. The summed E-state index contributed by atoms with van der Waals surface area (Å²) >= 11 is 0. The third-order valence-corrected chi connectivity index (χ3v) is 3.13. The number of aliphatic hydroxyl groups excluding tert-OH is 1. The molecule has 0 aliphatic heterocycles. The van der Waals surface area contributed by atoms with Crippen LogP contribution in [0, 0.1) is 17.2 Å². The molecule has 6 nitrogen and oxygen atoms in total. The number of carbonyl (C=O) groups excluding carboxylic acids is 1. The maximum Gasteiger partial charge on any atom is 0.326 e. The number of carbonyl (C=O) groups is 2. The molecule has 118 valence electrons. The predicted molar refractivity (Wildman–Crippen MR) is 79.9 cm³/mol. The molecule has 1 aromatic carbocycles. The van der Waals surface area contributed by atoms with Gasteiger partial charge in [-0.3, -0.25) is 4.79 Å². The van der Waals surface area contributed by atoms with E-state index in [9.17, 15) is 19.8 Å². The highest BCUT2D eigenvalue weighted by Gasteiger charge is 2.24. The van der Waals surface area contributed by atoms with Crippen LogP contribution in [-0.2, 0) is 16.0 Å². The first kappa shape index (κ1) is 17.7. The minimum absolute atomic E-state index is 0.0845. The lowest BCUT2D eigenvalue weighted by atomic mass is 10.0. The van der Waals surface area contributed by atoms with E-state index in [1.54, 1.807) is 24.3 Å². The van der Waals surface area contributed by atoms with Crippen molar-refractivity contribution >= 4 is 11.9 Å². The van der Waals surface area contributed by atoms with E-state index in [-0.39, 0.29) is 18.8 Å². The molecule has 0 aliphatic carbocycles. The van der Waals surface area contributed by atoms with Crippen LogP contribution in [0.3, 0.4) is 0 Å². The van der Waals surface area contributed by atoms with Gasteiger partial charge in [-0.15, -0.1) is 0 Å². The van der Waals surface area contributed by atoms with Crippen LogP contribution in [-0.4, -0.2) is 34.2 Å². The van der Waals surface area contributed by atoms with Crippen molar-refractivity contribution in [1.29, 1.82) is 5.26 Å². The number of nitrogens with zero attached hydrogens (tertiary/aromatic N) is 1. The zero-order valence-electron chi connectivity index (χ0n) is 12.6. The van der Waals surface area contributed by atoms with Crippen LogP contribution < -0.4 is 5.32 Å². The molecule has 2 atom stereocenters. The third kappa shape index (κ3) is 5.54. The molecule has 0 aromatic heterocycles. The predicted octanol–water partition coefficient (Wildman–Crippen LogP) is 1.08. The molecule has 0 heterocycles. The first-order chi connectivity index (χ1) is 10.3. The Morgan fingerprint density at radius 3 is 2.32 bits per heavy atom. The van der Waals surface area contributed by atoms with E-state index in [0.29, 0.717) is 11.1 Å². The molecule has 22 heavy (non-hydrogen) atoms. The van der Waals surface area contributed by atoms with Crippen LogP contribution in [0.15, 0.2) is 24.3 Å². The summed E-state index contributed by atoms with van der Waals surface area (Å²) in [5.41, 5.74) is 1.16. The molecule has 6 heteroatoms. The number of hydrogen-bond donors (Lipinski definition) is 3. The second-order valence-corrected chi connectivity index (χ2v) is 5.56. The summed E-state index contributed by atoms with van der Waals surface area (Å²) < 4.78 is 0. The molecule has 0 aliphatic rings. The average Bonchev–Trinajstić information content (AvgIpc) is 2.46. The first-order valence-electron chi connectivity index (χ1n) is 7.03. The highest BCUT2D eigenvalue weighted by Crippen LogP contribution is 2.08. The van der Waals surface area contributed by atoms with E-state index in [1.807, 2.05) is 19.9 Å². The lowest BCUT2D eigenvalue weighted by molar-refractivity contribution is -0.143. The molecule has 0 saturated heterocycles. The molecule has 0 bridgehead atoms. The number of amides is 1. The molecule has 1 rings (SSSR count). The van der Waals surface area contributed by atoms with E-state index in [0.717, 1.165) is 0 Å². The van der Waals surface area contributed by atoms with Gasteiger partial charge in [0.2, 0.25) is 5.91 Å². The molecule has 0 radical (unpaired) electrons. The molecule has 0 spiro atoms. The maximum absolute atomic E-state index is 11.8. The molecule has 0 fully saturated rings. The Hall–Kier alpha value is -2.39. The van der Waals surface area contributed by atoms with Gasteiger partial charge < -0.3 is 15.5 Å². The number of benzene rings is 1. The Morgan fingerprint density at radius 2 is 1.86 bits per heavy atom. The molecule has 1 amide bonds. The summed E-state index contributed by atoms with van der Waals surface area (Å²) in [4.78, 5) is 23.1. The molecule has 1 aromatic rings. The Kier molecular flexibility index (Phi) is 6.54. The Bertz CT molecular complexity index is 561. The van der Waals surface area contributed by atoms with Crippen molar-refractivity contribution in [3.63, 3.8) is 0 Å². The van der Waals surface area contributed by atoms with E-state index >= 15 is 0 Å². The van der Waals surface area contributed by atoms with E-state index in [2.05, 4.69) is 5.32 Å². The number of nitriles is 1. The smallest absolute Gasteiger partial charge is 0.326 e. The Balaban J connectivity index is 2.71. The Labute approximate surface area is 129 Å². The number of carboxylic acids is 1. The minimum Gasteiger partial charge on any atom is -0.480 e. The van der Waals surface area contributed by atoms with Crippen LogP contribution >= 0.6 is 0 Å². The van der Waals surface area contributed by atoms with Crippen LogP contribution in [0.5, 0.6) is 0 Å². The van der Waals surface area contributed by atoms with Crippen LogP contribution in [0.1, 0.15) is 31.4 Å². The van der Waals surface area contributed by atoms with Gasteiger partial charge in [-0.25, -0.2) is 4.79 Å². The number of carboxylic acid groups (broad SMARTS) is 1. The van der Waals surface area contributed by atoms with Crippen molar-refractivity contribution in [3.8, 4) is 6.07 Å². The van der Waals surface area contributed by atoms with E-state index in [4.69, 9.17) is 5.26 Å². The van der Waals surface area contributed by atoms with Crippen molar-refractivity contribution in [2.75, 3.05) is 0 Å². The largest absolute Gasteiger partial charge is 0.480 e. The quantitative estimate of drug-likeness (QED) is 0.698. The van der Waals surface area contributed by atoms with Crippen LogP contribution in [0.4, 0.5) is 0 Å². The fraction of sp³-hybridized carbons (Fsp3) is 0.438. The second kappa shape index (κ2) is 8.15. The number of rotatable bonds is 7. The van der Waals surface area contributed by atoms with Crippen molar-refractivity contribution in [2.45, 2.75) is 38.8 Å². The molecular formula is C16H20N2O4. The molecule has 3 N–H and O–H groups in total. The lowest BCUT2D eigenvalue weighted by Crippen LogP contribution is -2.46. The highest BCUT2D eigenvalue weighted by atomic mass is 16.4. The summed E-state index contributed by atoms with van der Waals surface area (Å²) in [5.74, 6) is -1.73. The van der Waals surface area contributed by atoms with Crippen LogP contribution in [0.2, 0.25) is 0 Å². The van der Waals surface area contributed by atoms with Gasteiger partial charge in [0, 0.05) is 6.42 Å². The summed E-state index contributed by atoms with van der Waals surface area (Å²) in [6.45, 7) is 3.73. The molecular weight excluding hydrogens is 284 g/mol. The molecule has 0 saturated carbocycles. The monoisotopic (exact) mass is 304 g/mol. The van der Waals surface area contributed by atoms with Gasteiger partial charge >= 0.3 is 5.97 Å². The second-order valence-electron chi connectivity index (χ2n) is 5.56. The fourth-order valence-electron chi connectivity index (χ4n) is 1.97. The number of nitrogens with one attached hydrogen (secondary N) is 1. The van der Waals surface area contributed by atoms with Gasteiger partial charge in [-0.1, -0.05) is 26.0 Å². The van der Waals surface area contributed by atoms with Gasteiger partial charge in [0.1, 0.15) is 12.1 Å². The lowest BCUT2D eigenvalue weighted by Gasteiger charge is -2.18. The summed E-state index contributed by atoms with van der Waals surface area (Å²) in [6.07, 6.45) is -0.862.